The summed E-state index contributed by atoms with van der Waals surface area (Å²) in [6.07, 6.45) is 0. The quantitative estimate of drug-likeness (QED) is 0.499. The van der Waals surface area contributed by atoms with E-state index in [9.17, 15) is 0 Å². The van der Waals surface area contributed by atoms with Gasteiger partial charge in [0.25, 0.3) is 0 Å². The molecule has 0 heterocycles. The topological polar surface area (TPSA) is 6.48 Å². The number of allylic oxidation sites excluding steroid dienone is 4. The van der Waals surface area contributed by atoms with Crippen molar-refractivity contribution in [3.8, 4) is 0 Å². The molecule has 0 fully saturated rings. The minimum Gasteiger partial charge on any atom is -0.292 e. The summed E-state index contributed by atoms with van der Waals surface area (Å²) in [6.45, 7) is 23.3. The van der Waals surface area contributed by atoms with Crippen molar-refractivity contribution in [3.63, 3.8) is 0 Å². The van der Waals surface area contributed by atoms with Gasteiger partial charge in [-0.05, 0) is 70.6 Å². The molecule has 1 rings (SSSR count). The van der Waals surface area contributed by atoms with E-state index in [1.165, 1.54) is 26.2 Å². The Bertz CT molecular complexity index is 367. The van der Waals surface area contributed by atoms with Crippen molar-refractivity contribution in [1.82, 2.24) is 9.80 Å². The van der Waals surface area contributed by atoms with Gasteiger partial charge in [-0.1, -0.05) is 38.8 Å². The Labute approximate surface area is 135 Å². The van der Waals surface area contributed by atoms with Gasteiger partial charge in [-0.2, -0.15) is 0 Å². The second-order valence-electron chi connectivity index (χ2n) is 6.33. The van der Waals surface area contributed by atoms with Gasteiger partial charge in [-0.25, -0.2) is 0 Å². The molecular formula is C18H36N2Si. The summed E-state index contributed by atoms with van der Waals surface area (Å²) >= 11 is 0. The maximum atomic E-state index is 2.68. The minimum absolute atomic E-state index is 0.260. The summed E-state index contributed by atoms with van der Waals surface area (Å²) in [6, 6.07) is 0. The molecule has 0 N–H and O–H groups in total. The maximum absolute atomic E-state index is 2.68. The molecule has 0 aliphatic heterocycles. The van der Waals surface area contributed by atoms with Crippen LogP contribution in [-0.4, -0.2) is 51.3 Å². The molecule has 0 aromatic rings. The van der Waals surface area contributed by atoms with Gasteiger partial charge in [0.1, 0.15) is 0 Å². The molecule has 1 aliphatic carbocycles. The van der Waals surface area contributed by atoms with E-state index < -0.39 is 0 Å². The zero-order chi connectivity index (χ0) is 16.2. The zero-order valence-electron chi connectivity index (χ0n) is 15.6. The lowest BCUT2D eigenvalue weighted by molar-refractivity contribution is 0.114. The van der Waals surface area contributed by atoms with E-state index in [0.717, 1.165) is 5.54 Å². The molecule has 0 atom stereocenters. The fourth-order valence-electron chi connectivity index (χ4n) is 3.82. The largest absolute Gasteiger partial charge is 0.292 e. The molecule has 21 heavy (non-hydrogen) atoms. The normalized spacial score (nSPS) is 17.9. The van der Waals surface area contributed by atoms with E-state index in [2.05, 4.69) is 65.2 Å². The van der Waals surface area contributed by atoms with Crippen LogP contribution in [0.15, 0.2) is 22.3 Å². The first-order valence-corrected chi connectivity index (χ1v) is 10.4. The van der Waals surface area contributed by atoms with Crippen molar-refractivity contribution in [2.24, 2.45) is 0 Å². The highest BCUT2D eigenvalue weighted by atomic mass is 28.2. The van der Waals surface area contributed by atoms with Crippen LogP contribution in [0.1, 0.15) is 55.4 Å². The Balaban J connectivity index is 3.02. The third-order valence-electron chi connectivity index (χ3n) is 5.71. The molecular weight excluding hydrogens is 272 g/mol. The van der Waals surface area contributed by atoms with Crippen molar-refractivity contribution in [2.75, 3.05) is 26.2 Å². The van der Waals surface area contributed by atoms with Gasteiger partial charge in [0.05, 0.1) is 9.52 Å². The van der Waals surface area contributed by atoms with Gasteiger partial charge < -0.3 is 0 Å². The maximum Gasteiger partial charge on any atom is 0.0718 e. The van der Waals surface area contributed by atoms with Crippen LogP contribution in [0.5, 0.6) is 0 Å². The summed E-state index contributed by atoms with van der Waals surface area (Å²) in [5, 5.41) is 0. The number of nitrogens with zero attached hydrogens (tertiary/aromatic N) is 2. The van der Waals surface area contributed by atoms with Crippen LogP contribution >= 0.6 is 0 Å². The Morgan fingerprint density at radius 1 is 0.762 bits per heavy atom. The Kier molecular flexibility index (Phi) is 7.38. The van der Waals surface area contributed by atoms with E-state index in [1.807, 2.05) is 0 Å². The Hall–Kier alpha value is -0.383. The van der Waals surface area contributed by atoms with Crippen LogP contribution in [0.3, 0.4) is 0 Å². The summed E-state index contributed by atoms with van der Waals surface area (Å²) in [7, 11) is -0.260. The molecule has 0 radical (unpaired) electrons. The standard InChI is InChI=1S/C18H36N2Si/c1-9-19(10-2)18(20(11-3)12-4)21-17-15(7)13(5)14(6)16(17)8/h17-18H,9-12,21H2,1-8H3. The van der Waals surface area contributed by atoms with Crippen molar-refractivity contribution in [1.29, 1.82) is 0 Å². The molecule has 0 aromatic carbocycles. The molecule has 1 aliphatic rings. The average molecular weight is 309 g/mol. The number of hydrogen-bond acceptors (Lipinski definition) is 2. The fraction of sp³-hybridized carbons (Fsp3) is 0.778. The molecule has 3 heteroatoms. The van der Waals surface area contributed by atoms with Crippen LogP contribution < -0.4 is 0 Å². The summed E-state index contributed by atoms with van der Waals surface area (Å²) < 4.78 is 0. The Morgan fingerprint density at radius 3 is 1.38 bits per heavy atom. The van der Waals surface area contributed by atoms with Crippen molar-refractivity contribution in [2.45, 2.75) is 66.7 Å². The highest BCUT2D eigenvalue weighted by Gasteiger charge is 2.31. The number of hydrogen-bond donors (Lipinski definition) is 0. The van der Waals surface area contributed by atoms with Crippen LogP contribution in [0.4, 0.5) is 0 Å². The predicted molar refractivity (Wildman–Crippen MR) is 98.7 cm³/mol. The van der Waals surface area contributed by atoms with Crippen molar-refractivity contribution < 1.29 is 0 Å². The molecule has 0 spiro atoms. The van der Waals surface area contributed by atoms with Crippen LogP contribution in [0.25, 0.3) is 0 Å². The van der Waals surface area contributed by atoms with Gasteiger partial charge in [0.2, 0.25) is 0 Å². The average Bonchev–Trinajstić information content (AvgIpc) is 2.67. The first-order chi connectivity index (χ1) is 9.92. The lowest BCUT2D eigenvalue weighted by Crippen LogP contribution is -2.52. The molecule has 0 amide bonds. The van der Waals surface area contributed by atoms with E-state index in [-0.39, 0.29) is 9.52 Å². The summed E-state index contributed by atoms with van der Waals surface area (Å²) in [4.78, 5) is 5.37. The molecule has 2 nitrogen and oxygen atoms in total. The summed E-state index contributed by atoms with van der Waals surface area (Å²) in [5.74, 6) is 0.698. The molecule has 0 bridgehead atoms. The fourth-order valence-corrected chi connectivity index (χ4v) is 7.19. The smallest absolute Gasteiger partial charge is 0.0718 e. The first kappa shape index (κ1) is 18.7. The predicted octanol–water partition coefficient (Wildman–Crippen LogP) is 3.60. The van der Waals surface area contributed by atoms with Crippen LogP contribution in [-0.2, 0) is 0 Å². The lowest BCUT2D eigenvalue weighted by atomic mass is 10.1. The zero-order valence-corrected chi connectivity index (χ0v) is 17.0. The van der Waals surface area contributed by atoms with E-state index in [4.69, 9.17) is 0 Å². The SMILES string of the molecule is CCN(CC)C([SiH2]C1C(C)=C(C)C(C)=C1C)N(CC)CC. The monoisotopic (exact) mass is 308 g/mol. The third kappa shape index (κ3) is 3.88. The van der Waals surface area contributed by atoms with Crippen LogP contribution in [0, 0.1) is 0 Å². The van der Waals surface area contributed by atoms with E-state index in [1.54, 1.807) is 22.3 Å². The molecule has 0 aromatic heterocycles. The molecule has 122 valence electrons. The Morgan fingerprint density at radius 2 is 1.10 bits per heavy atom. The van der Waals surface area contributed by atoms with E-state index in [0.29, 0.717) is 5.79 Å². The lowest BCUT2D eigenvalue weighted by Gasteiger charge is -2.39. The van der Waals surface area contributed by atoms with Gasteiger partial charge in [0.15, 0.2) is 0 Å². The minimum atomic E-state index is -0.260. The highest BCUT2D eigenvalue weighted by Crippen LogP contribution is 2.41. The van der Waals surface area contributed by atoms with Gasteiger partial charge >= 0.3 is 0 Å². The second-order valence-corrected chi connectivity index (χ2v) is 8.35. The van der Waals surface area contributed by atoms with Gasteiger partial charge in [-0.15, -0.1) is 0 Å². The molecule has 0 saturated heterocycles. The van der Waals surface area contributed by atoms with Crippen molar-refractivity contribution in [3.05, 3.63) is 22.3 Å². The van der Waals surface area contributed by atoms with Crippen LogP contribution in [0.2, 0.25) is 5.54 Å². The summed E-state index contributed by atoms with van der Waals surface area (Å²) in [5.41, 5.74) is 7.20. The van der Waals surface area contributed by atoms with Gasteiger partial charge in [-0.3, -0.25) is 9.80 Å². The number of rotatable bonds is 8. The van der Waals surface area contributed by atoms with E-state index >= 15 is 0 Å². The van der Waals surface area contributed by atoms with Crippen molar-refractivity contribution >= 4 is 9.52 Å². The second kappa shape index (κ2) is 8.30. The van der Waals surface area contributed by atoms with Gasteiger partial charge in [0, 0.05) is 5.79 Å². The third-order valence-corrected chi connectivity index (χ3v) is 8.86. The first-order valence-electron chi connectivity index (χ1n) is 8.75. The molecule has 0 unspecified atom stereocenters. The highest BCUT2D eigenvalue weighted by molar-refractivity contribution is 6.42. The molecule has 0 saturated carbocycles.